The Hall–Kier alpha value is -5.63. The molecule has 2 N–H and O–H groups in total. The molecule has 0 amide bonds. The molecule has 2 aliphatic heterocycles. The molecule has 0 radical (unpaired) electrons. The Morgan fingerprint density at radius 1 is 0.941 bits per heavy atom. The Morgan fingerprint density at radius 3 is 2.49 bits per heavy atom. The normalized spacial score (nSPS) is 16.6. The van der Waals surface area contributed by atoms with E-state index >= 15 is 0 Å². The van der Waals surface area contributed by atoms with Gasteiger partial charge in [0.05, 0.1) is 11.5 Å². The molecule has 0 bridgehead atoms. The molecule has 8 rings (SSSR count). The van der Waals surface area contributed by atoms with Crippen molar-refractivity contribution in [3.05, 3.63) is 101 Å². The Bertz CT molecular complexity index is 2340. The quantitative estimate of drug-likeness (QED) is 0.156. The van der Waals surface area contributed by atoms with E-state index in [1.54, 1.807) is 0 Å². The molecule has 2 saturated heterocycles. The molecular weight excluding hydrogens is 638 g/mol. The molecule has 0 spiro atoms. The number of pyridine rings is 2. The fraction of sp³-hybridized carbons (Fsp3) is 0.293. The second-order valence-corrected chi connectivity index (χ2v) is 13.8. The number of nitrogens with one attached hydrogen (secondary N) is 1. The van der Waals surface area contributed by atoms with Crippen molar-refractivity contribution in [3.8, 4) is 28.7 Å². The maximum absolute atomic E-state index is 11.5. The van der Waals surface area contributed by atoms with Crippen LogP contribution in [0.1, 0.15) is 47.1 Å². The highest BCUT2D eigenvalue weighted by Crippen LogP contribution is 2.38. The predicted molar refractivity (Wildman–Crippen MR) is 197 cm³/mol. The fourth-order valence-electron chi connectivity index (χ4n) is 7.71. The van der Waals surface area contributed by atoms with Crippen LogP contribution in [0.15, 0.2) is 77.5 Å². The number of carboxylic acid groups (broad SMARTS) is 1. The van der Waals surface area contributed by atoms with Crippen LogP contribution < -0.4 is 5.32 Å². The maximum Gasteiger partial charge on any atom is 0.307 e. The van der Waals surface area contributed by atoms with Crippen molar-refractivity contribution in [2.45, 2.75) is 46.2 Å². The van der Waals surface area contributed by atoms with Gasteiger partial charge in [-0.1, -0.05) is 24.3 Å². The summed E-state index contributed by atoms with van der Waals surface area (Å²) in [5.41, 5.74) is 10.5. The summed E-state index contributed by atoms with van der Waals surface area (Å²) in [6.45, 7) is 9.13. The SMILES string of the molecule is Cc1c(Nc2nccc3c(CN4CCCC4)ccnc23)cccc1-c1cccc(-c2nc3cc(CN4CC[C@@H](C(=O)O)C4)cc(C#N)c3o2)c1C. The van der Waals surface area contributed by atoms with Gasteiger partial charge in [0.2, 0.25) is 5.89 Å². The van der Waals surface area contributed by atoms with Crippen LogP contribution in [0.5, 0.6) is 0 Å². The molecule has 51 heavy (non-hydrogen) atoms. The first kappa shape index (κ1) is 32.6. The number of aliphatic carboxylic acids is 1. The van der Waals surface area contributed by atoms with E-state index < -0.39 is 5.97 Å². The van der Waals surface area contributed by atoms with Gasteiger partial charge < -0.3 is 14.8 Å². The van der Waals surface area contributed by atoms with E-state index in [9.17, 15) is 15.2 Å². The number of fused-ring (bicyclic) bond motifs is 2. The van der Waals surface area contributed by atoms with Crippen LogP contribution >= 0.6 is 0 Å². The summed E-state index contributed by atoms with van der Waals surface area (Å²) in [6, 6.07) is 22.6. The molecule has 6 aromatic rings. The number of hydrogen-bond donors (Lipinski definition) is 2. The minimum absolute atomic E-state index is 0.359. The predicted octanol–water partition coefficient (Wildman–Crippen LogP) is 7.84. The van der Waals surface area contributed by atoms with Crippen molar-refractivity contribution < 1.29 is 14.3 Å². The molecule has 0 saturated carbocycles. The van der Waals surface area contributed by atoms with Gasteiger partial charge >= 0.3 is 5.97 Å². The van der Waals surface area contributed by atoms with Gasteiger partial charge in [-0.15, -0.1) is 0 Å². The van der Waals surface area contributed by atoms with E-state index in [4.69, 9.17) is 19.4 Å². The number of oxazole rings is 1. The lowest BCUT2D eigenvalue weighted by Crippen LogP contribution is -2.22. The number of rotatable bonds is 9. The molecule has 256 valence electrons. The summed E-state index contributed by atoms with van der Waals surface area (Å²) in [7, 11) is 0. The third-order valence-corrected chi connectivity index (χ3v) is 10.5. The average Bonchev–Trinajstić information content (AvgIpc) is 3.92. The summed E-state index contributed by atoms with van der Waals surface area (Å²) in [6.07, 6.45) is 6.88. The number of aromatic nitrogens is 3. The summed E-state index contributed by atoms with van der Waals surface area (Å²) >= 11 is 0. The monoisotopic (exact) mass is 677 g/mol. The zero-order chi connectivity index (χ0) is 35.1. The van der Waals surface area contributed by atoms with Crippen molar-refractivity contribution >= 4 is 39.5 Å². The van der Waals surface area contributed by atoms with Crippen LogP contribution in [-0.2, 0) is 17.9 Å². The van der Waals surface area contributed by atoms with Crippen LogP contribution in [0.2, 0.25) is 0 Å². The summed E-state index contributed by atoms with van der Waals surface area (Å²) in [5, 5.41) is 24.1. The number of carboxylic acids is 1. The number of anilines is 2. The second kappa shape index (κ2) is 13.6. The Labute approximate surface area is 296 Å². The van der Waals surface area contributed by atoms with Crippen molar-refractivity contribution in [2.24, 2.45) is 5.92 Å². The molecule has 0 unspecified atom stereocenters. The number of nitrogens with zero attached hydrogens (tertiary/aromatic N) is 6. The van der Waals surface area contributed by atoms with Crippen molar-refractivity contribution in [2.75, 3.05) is 31.5 Å². The lowest BCUT2D eigenvalue weighted by molar-refractivity contribution is -0.141. The fourth-order valence-corrected chi connectivity index (χ4v) is 7.71. The molecular formula is C41H39N7O3. The largest absolute Gasteiger partial charge is 0.481 e. The van der Waals surface area contributed by atoms with E-state index in [0.717, 1.165) is 75.4 Å². The van der Waals surface area contributed by atoms with Crippen LogP contribution in [0.4, 0.5) is 11.5 Å². The zero-order valence-corrected chi connectivity index (χ0v) is 28.8. The molecule has 10 heteroatoms. The number of hydrogen-bond acceptors (Lipinski definition) is 9. The van der Waals surface area contributed by atoms with Gasteiger partial charge in [-0.2, -0.15) is 5.26 Å². The minimum Gasteiger partial charge on any atom is -0.481 e. The third kappa shape index (κ3) is 6.31. The van der Waals surface area contributed by atoms with Crippen molar-refractivity contribution in [3.63, 3.8) is 0 Å². The summed E-state index contributed by atoms with van der Waals surface area (Å²) in [4.78, 5) is 30.4. The first-order chi connectivity index (χ1) is 24.9. The molecule has 3 aromatic heterocycles. The van der Waals surface area contributed by atoms with E-state index in [0.29, 0.717) is 48.6 Å². The Balaban J connectivity index is 1.09. The van der Waals surface area contributed by atoms with Gasteiger partial charge in [-0.05, 0) is 123 Å². The summed E-state index contributed by atoms with van der Waals surface area (Å²) < 4.78 is 6.29. The smallest absolute Gasteiger partial charge is 0.307 e. The van der Waals surface area contributed by atoms with Gasteiger partial charge in [0.25, 0.3) is 0 Å². The highest BCUT2D eigenvalue weighted by molar-refractivity contribution is 5.93. The molecule has 10 nitrogen and oxygen atoms in total. The van der Waals surface area contributed by atoms with Gasteiger partial charge in [0, 0.05) is 48.7 Å². The third-order valence-electron chi connectivity index (χ3n) is 10.5. The highest BCUT2D eigenvalue weighted by Gasteiger charge is 2.28. The molecule has 1 atom stereocenters. The topological polar surface area (TPSA) is 131 Å². The maximum atomic E-state index is 11.5. The average molecular weight is 678 g/mol. The molecule has 2 aliphatic rings. The first-order valence-electron chi connectivity index (χ1n) is 17.6. The van der Waals surface area contributed by atoms with Crippen LogP contribution in [-0.4, -0.2) is 62.0 Å². The number of carbonyl (C=O) groups is 1. The van der Waals surface area contributed by atoms with Gasteiger partial charge in [0.1, 0.15) is 17.1 Å². The van der Waals surface area contributed by atoms with Gasteiger partial charge in [-0.25, -0.2) is 9.97 Å². The van der Waals surface area contributed by atoms with E-state index in [1.807, 2.05) is 42.7 Å². The first-order valence-corrected chi connectivity index (χ1v) is 17.6. The molecule has 2 fully saturated rings. The van der Waals surface area contributed by atoms with E-state index in [-0.39, 0.29) is 5.92 Å². The lowest BCUT2D eigenvalue weighted by atomic mass is 9.93. The minimum atomic E-state index is -0.761. The van der Waals surface area contributed by atoms with Crippen LogP contribution in [0.3, 0.4) is 0 Å². The number of benzene rings is 3. The lowest BCUT2D eigenvalue weighted by Gasteiger charge is -2.18. The van der Waals surface area contributed by atoms with E-state index in [2.05, 4.69) is 65.4 Å². The standard InChI is InChI=1S/C41H39N7O3/c1-25-31(7-5-9-33(25)40-46-36-20-27(19-30(21-42)38(36)51-40)22-48-18-13-29(24-48)41(49)50)32-8-6-10-35(26(32)2)45-39-37-34(12-15-44-39)28(11-14-43-37)23-47-16-3-4-17-47/h5-12,14-15,19-20,29H,3-4,13,16-18,22-24H2,1-2H3,(H,44,45)(H,49,50)/t29-/m1/s1. The molecule has 5 heterocycles. The second-order valence-electron chi connectivity index (χ2n) is 13.8. The summed E-state index contributed by atoms with van der Waals surface area (Å²) in [5.74, 6) is 0.0612. The van der Waals surface area contributed by atoms with Crippen LogP contribution in [0, 0.1) is 31.1 Å². The Morgan fingerprint density at radius 2 is 1.71 bits per heavy atom. The van der Waals surface area contributed by atoms with E-state index in [1.165, 1.54) is 18.4 Å². The Kier molecular flexibility index (Phi) is 8.68. The molecule has 0 aliphatic carbocycles. The van der Waals surface area contributed by atoms with Crippen molar-refractivity contribution in [1.29, 1.82) is 5.26 Å². The van der Waals surface area contributed by atoms with Gasteiger partial charge in [0.15, 0.2) is 11.4 Å². The zero-order valence-electron chi connectivity index (χ0n) is 28.8. The molecule has 3 aromatic carbocycles. The highest BCUT2D eigenvalue weighted by atomic mass is 16.4. The van der Waals surface area contributed by atoms with Crippen molar-refractivity contribution in [1.82, 2.24) is 24.8 Å². The number of nitriles is 1. The van der Waals surface area contributed by atoms with Crippen LogP contribution in [0.25, 0.3) is 44.6 Å². The number of likely N-dealkylation sites (tertiary alicyclic amines) is 2. The van der Waals surface area contributed by atoms with Gasteiger partial charge in [-0.3, -0.25) is 19.6 Å².